The fourth-order valence-electron chi connectivity index (χ4n) is 1.96. The molecule has 0 amide bonds. The minimum absolute atomic E-state index is 0.0714. The normalized spacial score (nSPS) is 15.3. The zero-order chi connectivity index (χ0) is 19.7. The molecule has 1 rings (SSSR count). The molecule has 0 aliphatic rings. The molecule has 0 aliphatic heterocycles. The molecular weight excluding hydrogens is 359 g/mol. The summed E-state index contributed by atoms with van der Waals surface area (Å²) in [7, 11) is -0.0714. The lowest BCUT2D eigenvalue weighted by Crippen LogP contribution is -2.33. The lowest BCUT2D eigenvalue weighted by atomic mass is 10.3. The number of hydrogen-bond donors (Lipinski definition) is 2. The average molecular weight is 388 g/mol. The zero-order valence-electron chi connectivity index (χ0n) is 15.9. The van der Waals surface area contributed by atoms with Crippen LogP contribution in [-0.4, -0.2) is 40.4 Å². The van der Waals surface area contributed by atoms with Crippen molar-refractivity contribution in [2.24, 2.45) is 0 Å². The van der Waals surface area contributed by atoms with Gasteiger partial charge in [0, 0.05) is 6.20 Å². The fourth-order valence-corrected chi connectivity index (χ4v) is 2.61. The number of carbonyl (C=O) groups excluding carboxylic acids is 1. The second-order valence-corrected chi connectivity index (χ2v) is 6.85. The topological polar surface area (TPSA) is 118 Å². The van der Waals surface area contributed by atoms with Gasteiger partial charge in [-0.1, -0.05) is 6.92 Å². The summed E-state index contributed by atoms with van der Waals surface area (Å²) in [6, 6.07) is 1.09. The van der Waals surface area contributed by atoms with Crippen molar-refractivity contribution in [3.8, 4) is 0 Å². The van der Waals surface area contributed by atoms with E-state index in [0.29, 0.717) is 13.0 Å². The number of aromatic nitrogens is 2. The summed E-state index contributed by atoms with van der Waals surface area (Å²) >= 11 is 0. The van der Waals surface area contributed by atoms with Crippen LogP contribution in [0.25, 0.3) is 0 Å². The Labute approximate surface area is 155 Å². The van der Waals surface area contributed by atoms with E-state index in [2.05, 4.69) is 10.1 Å². The Balaban J connectivity index is 2.40. The van der Waals surface area contributed by atoms with Gasteiger partial charge in [0.25, 0.3) is 0 Å². The molecule has 148 valence electrons. The third-order valence-electron chi connectivity index (χ3n) is 3.41. The van der Waals surface area contributed by atoms with Gasteiger partial charge in [0.1, 0.15) is 18.1 Å². The summed E-state index contributed by atoms with van der Waals surface area (Å²) in [5.41, 5.74) is 5.02. The molecule has 0 radical (unpaired) electrons. The van der Waals surface area contributed by atoms with E-state index in [-0.39, 0.29) is 33.0 Å². The summed E-state index contributed by atoms with van der Waals surface area (Å²) in [5.74, 6) is -0.144. The van der Waals surface area contributed by atoms with Crippen LogP contribution >= 0.6 is 8.96 Å². The van der Waals surface area contributed by atoms with Gasteiger partial charge in [0.2, 0.25) is 0 Å². The van der Waals surface area contributed by atoms with Gasteiger partial charge >= 0.3 is 11.7 Å². The Morgan fingerprint density at radius 1 is 1.38 bits per heavy atom. The van der Waals surface area contributed by atoms with E-state index < -0.39 is 18.0 Å². The maximum atomic E-state index is 11.8. The number of esters is 1. The van der Waals surface area contributed by atoms with Crippen molar-refractivity contribution in [1.29, 1.82) is 0 Å². The lowest BCUT2D eigenvalue weighted by molar-refractivity contribution is -0.148. The Hall–Kier alpha value is -1.54. The first kappa shape index (κ1) is 22.5. The van der Waals surface area contributed by atoms with Crippen molar-refractivity contribution in [3.63, 3.8) is 0 Å². The van der Waals surface area contributed by atoms with E-state index in [9.17, 15) is 9.59 Å². The molecule has 0 aliphatic carbocycles. The highest BCUT2D eigenvalue weighted by Crippen LogP contribution is 2.15. The van der Waals surface area contributed by atoms with E-state index in [4.69, 9.17) is 19.7 Å². The summed E-state index contributed by atoms with van der Waals surface area (Å²) in [4.78, 5) is 27.2. The Morgan fingerprint density at radius 3 is 2.65 bits per heavy atom. The number of carbonyl (C=O) groups is 1. The van der Waals surface area contributed by atoms with Crippen molar-refractivity contribution in [3.05, 3.63) is 22.7 Å². The van der Waals surface area contributed by atoms with E-state index >= 15 is 0 Å². The number of nitrogens with two attached hydrogens (primary N) is 1. The molecule has 26 heavy (non-hydrogen) atoms. The van der Waals surface area contributed by atoms with Gasteiger partial charge in [-0.2, -0.15) is 4.98 Å². The van der Waals surface area contributed by atoms with Gasteiger partial charge in [-0.25, -0.2) is 4.79 Å². The average Bonchev–Trinajstić information content (AvgIpc) is 2.56. The SMILES string of the molecule is CCC(COPNC(C)C(=O)OC(C)C)OC(C)n1ccc(N)nc1=O. The van der Waals surface area contributed by atoms with Gasteiger partial charge in [-0.05, 0) is 40.2 Å². The summed E-state index contributed by atoms with van der Waals surface area (Å²) in [6.45, 7) is 9.37. The standard InChI is InChI=1S/C16H29N4O5P/c1-6-13(9-23-26-19-11(4)15(21)24-10(2)3)25-12(5)20-8-7-14(17)18-16(20)22/h7-8,10-13,19,26H,6,9H2,1-5H3,(H2,17,18,22). The smallest absolute Gasteiger partial charge is 0.351 e. The van der Waals surface area contributed by atoms with Crippen molar-refractivity contribution in [2.75, 3.05) is 12.3 Å². The van der Waals surface area contributed by atoms with Crippen LogP contribution in [0.5, 0.6) is 0 Å². The van der Waals surface area contributed by atoms with Crippen LogP contribution < -0.4 is 16.5 Å². The first-order chi connectivity index (χ1) is 12.2. The van der Waals surface area contributed by atoms with Crippen LogP contribution in [0.15, 0.2) is 17.1 Å². The fraction of sp³-hybridized carbons (Fsp3) is 0.688. The Morgan fingerprint density at radius 2 is 2.08 bits per heavy atom. The molecule has 3 N–H and O–H groups in total. The Bertz CT molecular complexity index is 625. The minimum atomic E-state index is -0.500. The highest BCUT2D eigenvalue weighted by Gasteiger charge is 2.17. The second kappa shape index (κ2) is 11.2. The van der Waals surface area contributed by atoms with Gasteiger partial charge in [0.05, 0.1) is 27.8 Å². The molecule has 4 atom stereocenters. The molecule has 0 saturated carbocycles. The van der Waals surface area contributed by atoms with Crippen molar-refractivity contribution >= 4 is 20.7 Å². The van der Waals surface area contributed by atoms with Crippen LogP contribution in [-0.2, 0) is 18.8 Å². The molecule has 10 heteroatoms. The quantitative estimate of drug-likeness (QED) is 0.333. The van der Waals surface area contributed by atoms with Gasteiger partial charge in [-0.15, -0.1) is 0 Å². The van der Waals surface area contributed by atoms with Crippen LogP contribution in [0, 0.1) is 0 Å². The molecule has 1 aromatic rings. The number of rotatable bonds is 11. The summed E-state index contributed by atoms with van der Waals surface area (Å²) < 4.78 is 17.9. The molecule has 0 spiro atoms. The van der Waals surface area contributed by atoms with E-state index in [1.54, 1.807) is 40.0 Å². The molecular formula is C16H29N4O5P. The predicted octanol–water partition coefficient (Wildman–Crippen LogP) is 1.59. The zero-order valence-corrected chi connectivity index (χ0v) is 16.9. The van der Waals surface area contributed by atoms with E-state index in [1.807, 2.05) is 6.92 Å². The van der Waals surface area contributed by atoms with Crippen LogP contribution in [0.1, 0.15) is 47.3 Å². The maximum Gasteiger partial charge on any atom is 0.351 e. The van der Waals surface area contributed by atoms with Crippen molar-refractivity contribution in [2.45, 2.75) is 65.5 Å². The Kier molecular flexibility index (Phi) is 9.72. The number of nitrogens with one attached hydrogen (secondary N) is 1. The molecule has 1 aromatic heterocycles. The molecule has 0 aromatic carbocycles. The highest BCUT2D eigenvalue weighted by molar-refractivity contribution is 7.29. The molecule has 0 fully saturated rings. The molecule has 4 unspecified atom stereocenters. The predicted molar refractivity (Wildman–Crippen MR) is 101 cm³/mol. The second-order valence-electron chi connectivity index (χ2n) is 6.07. The number of nitrogens with zero attached hydrogens (tertiary/aromatic N) is 2. The molecule has 1 heterocycles. The third kappa shape index (κ3) is 7.78. The summed E-state index contributed by atoms with van der Waals surface area (Å²) in [6.07, 6.45) is 1.40. The van der Waals surface area contributed by atoms with Crippen molar-refractivity contribution in [1.82, 2.24) is 14.6 Å². The van der Waals surface area contributed by atoms with Crippen LogP contribution in [0.3, 0.4) is 0 Å². The monoisotopic (exact) mass is 388 g/mol. The summed E-state index contributed by atoms with van der Waals surface area (Å²) in [5, 5.41) is 2.96. The number of nitrogen functional groups attached to an aromatic ring is 1. The van der Waals surface area contributed by atoms with Crippen molar-refractivity contribution < 1.29 is 18.8 Å². The van der Waals surface area contributed by atoms with E-state index in [0.717, 1.165) is 0 Å². The first-order valence-corrected chi connectivity index (χ1v) is 9.48. The third-order valence-corrected chi connectivity index (χ3v) is 4.27. The van der Waals surface area contributed by atoms with Gasteiger partial charge in [-0.3, -0.25) is 14.4 Å². The first-order valence-electron chi connectivity index (χ1n) is 8.57. The highest BCUT2D eigenvalue weighted by atomic mass is 31.1. The number of anilines is 1. The molecule has 0 saturated heterocycles. The number of ether oxygens (including phenoxy) is 2. The minimum Gasteiger partial charge on any atom is -0.462 e. The van der Waals surface area contributed by atoms with E-state index in [1.165, 1.54) is 4.57 Å². The van der Waals surface area contributed by atoms with Gasteiger partial charge in [0.15, 0.2) is 0 Å². The van der Waals surface area contributed by atoms with Gasteiger partial charge < -0.3 is 19.7 Å². The molecule has 9 nitrogen and oxygen atoms in total. The maximum absolute atomic E-state index is 11.8. The molecule has 0 bridgehead atoms. The number of hydrogen-bond acceptors (Lipinski definition) is 8. The lowest BCUT2D eigenvalue weighted by Gasteiger charge is -2.23. The van der Waals surface area contributed by atoms with Crippen LogP contribution in [0.4, 0.5) is 5.82 Å². The largest absolute Gasteiger partial charge is 0.462 e. The van der Waals surface area contributed by atoms with Crippen LogP contribution in [0.2, 0.25) is 0 Å².